The van der Waals surface area contributed by atoms with E-state index in [9.17, 15) is 21.6 Å². The third kappa shape index (κ3) is 4.11. The molecule has 0 unspecified atom stereocenters. The van der Waals surface area contributed by atoms with Crippen LogP contribution in [0.1, 0.15) is 0 Å². The van der Waals surface area contributed by atoms with Gasteiger partial charge in [0.05, 0.1) is 4.90 Å². The number of ether oxygens (including phenoxy) is 1. The second-order valence-corrected chi connectivity index (χ2v) is 5.73. The Balaban J connectivity index is 3.19. The van der Waals surface area contributed by atoms with Crippen LogP contribution in [0.3, 0.4) is 0 Å². The lowest BCUT2D eigenvalue weighted by molar-refractivity contribution is -0.274. The number of thiol groups is 1. The van der Waals surface area contributed by atoms with E-state index in [0.717, 1.165) is 12.1 Å². The minimum atomic E-state index is -4.91. The molecule has 0 spiro atoms. The summed E-state index contributed by atoms with van der Waals surface area (Å²) >= 11 is 3.73. The summed E-state index contributed by atoms with van der Waals surface area (Å²) in [7, 11) is 0.848. The van der Waals surface area contributed by atoms with Crippen LogP contribution in [0.15, 0.2) is 28.0 Å². The van der Waals surface area contributed by atoms with Crippen molar-refractivity contribution in [3.63, 3.8) is 0 Å². The standard InChI is InChI=1S/C7H4ClF3O3S2/c8-16(12,13)6-2-4(1-5(15)3-6)14-7(9,10)11/h1-3,15H. The lowest BCUT2D eigenvalue weighted by Crippen LogP contribution is -2.17. The van der Waals surface area contributed by atoms with Crippen LogP contribution in [0.5, 0.6) is 5.75 Å². The van der Waals surface area contributed by atoms with Crippen LogP contribution in [0.4, 0.5) is 13.2 Å². The molecule has 90 valence electrons. The highest BCUT2D eigenvalue weighted by Crippen LogP contribution is 2.29. The molecule has 0 saturated carbocycles. The Morgan fingerprint density at radius 2 is 1.81 bits per heavy atom. The Morgan fingerprint density at radius 3 is 2.25 bits per heavy atom. The van der Waals surface area contributed by atoms with Gasteiger partial charge in [-0.3, -0.25) is 0 Å². The first-order chi connectivity index (χ1) is 7.08. The number of halogens is 4. The van der Waals surface area contributed by atoms with E-state index in [2.05, 4.69) is 17.4 Å². The van der Waals surface area contributed by atoms with E-state index >= 15 is 0 Å². The molecule has 0 aliphatic heterocycles. The van der Waals surface area contributed by atoms with Crippen molar-refractivity contribution < 1.29 is 26.3 Å². The number of hydrogen-bond acceptors (Lipinski definition) is 4. The molecule has 1 aromatic rings. The molecule has 1 aromatic carbocycles. The van der Waals surface area contributed by atoms with Crippen LogP contribution in [-0.2, 0) is 9.05 Å². The van der Waals surface area contributed by atoms with E-state index < -0.39 is 26.1 Å². The van der Waals surface area contributed by atoms with Crippen molar-refractivity contribution in [3.05, 3.63) is 18.2 Å². The molecule has 1 rings (SSSR count). The van der Waals surface area contributed by atoms with E-state index in [4.69, 9.17) is 10.7 Å². The third-order valence-corrected chi connectivity index (χ3v) is 2.97. The minimum absolute atomic E-state index is 0.0130. The summed E-state index contributed by atoms with van der Waals surface area (Å²) in [4.78, 5) is -0.526. The SMILES string of the molecule is O=S(=O)(Cl)c1cc(S)cc(OC(F)(F)F)c1. The molecule has 0 N–H and O–H groups in total. The summed E-state index contributed by atoms with van der Waals surface area (Å²) in [6, 6.07) is 2.59. The molecule has 0 amide bonds. The fourth-order valence-electron chi connectivity index (χ4n) is 0.890. The monoisotopic (exact) mass is 292 g/mol. The molecule has 0 bridgehead atoms. The van der Waals surface area contributed by atoms with E-state index in [1.165, 1.54) is 0 Å². The average Bonchev–Trinajstić information content (AvgIpc) is 1.97. The number of hydrogen-bond donors (Lipinski definition) is 1. The summed E-state index contributed by atoms with van der Waals surface area (Å²) in [5.74, 6) is -0.695. The lowest BCUT2D eigenvalue weighted by Gasteiger charge is -2.10. The summed E-state index contributed by atoms with van der Waals surface area (Å²) in [5.41, 5.74) is 0. The highest BCUT2D eigenvalue weighted by Gasteiger charge is 2.31. The van der Waals surface area contributed by atoms with Gasteiger partial charge < -0.3 is 4.74 Å². The molecule has 0 fully saturated rings. The Kier molecular flexibility index (Phi) is 3.65. The molecular formula is C7H4ClF3O3S2. The molecule has 0 aliphatic rings. The maximum Gasteiger partial charge on any atom is 0.573 e. The molecule has 0 aromatic heterocycles. The van der Waals surface area contributed by atoms with Crippen molar-refractivity contribution in [2.24, 2.45) is 0 Å². The fraction of sp³-hybridized carbons (Fsp3) is 0.143. The fourth-order valence-corrected chi connectivity index (χ4v) is 2.04. The summed E-state index contributed by atoms with van der Waals surface area (Å²) < 4.78 is 61.0. The summed E-state index contributed by atoms with van der Waals surface area (Å²) in [6.07, 6.45) is -4.91. The highest BCUT2D eigenvalue weighted by atomic mass is 35.7. The second-order valence-electron chi connectivity index (χ2n) is 2.65. The van der Waals surface area contributed by atoms with Crippen molar-refractivity contribution >= 4 is 32.4 Å². The molecule has 0 saturated heterocycles. The molecular weight excluding hydrogens is 289 g/mol. The first kappa shape index (κ1) is 13.5. The van der Waals surface area contributed by atoms with Gasteiger partial charge in [-0.2, -0.15) is 0 Å². The smallest absolute Gasteiger partial charge is 0.406 e. The van der Waals surface area contributed by atoms with Gasteiger partial charge >= 0.3 is 6.36 Å². The minimum Gasteiger partial charge on any atom is -0.406 e. The van der Waals surface area contributed by atoms with Gasteiger partial charge in [-0.15, -0.1) is 25.8 Å². The van der Waals surface area contributed by atoms with Gasteiger partial charge in [0.1, 0.15) is 5.75 Å². The van der Waals surface area contributed by atoms with Gasteiger partial charge in [0.2, 0.25) is 0 Å². The largest absolute Gasteiger partial charge is 0.573 e. The first-order valence-electron chi connectivity index (χ1n) is 3.62. The van der Waals surface area contributed by atoms with E-state index in [1.54, 1.807) is 0 Å². The van der Waals surface area contributed by atoms with E-state index in [-0.39, 0.29) is 4.90 Å². The van der Waals surface area contributed by atoms with E-state index in [1.807, 2.05) is 0 Å². The first-order valence-corrected chi connectivity index (χ1v) is 6.38. The lowest BCUT2D eigenvalue weighted by atomic mass is 10.3. The molecule has 0 atom stereocenters. The maximum absolute atomic E-state index is 11.9. The molecule has 0 aliphatic carbocycles. The average molecular weight is 293 g/mol. The van der Waals surface area contributed by atoms with Crippen molar-refractivity contribution in [1.29, 1.82) is 0 Å². The zero-order valence-corrected chi connectivity index (χ0v) is 9.79. The topological polar surface area (TPSA) is 43.4 Å². The molecule has 16 heavy (non-hydrogen) atoms. The molecule has 3 nitrogen and oxygen atoms in total. The zero-order valence-electron chi connectivity index (χ0n) is 7.32. The maximum atomic E-state index is 11.9. The Morgan fingerprint density at radius 1 is 1.25 bits per heavy atom. The van der Waals surface area contributed by atoms with Crippen LogP contribution < -0.4 is 4.74 Å². The van der Waals surface area contributed by atoms with Crippen molar-refractivity contribution in [3.8, 4) is 5.75 Å². The Labute approximate surface area is 99.0 Å². The normalized spacial score (nSPS) is 12.6. The van der Waals surface area contributed by atoms with Gasteiger partial charge in [-0.1, -0.05) is 0 Å². The van der Waals surface area contributed by atoms with Gasteiger partial charge in [0.25, 0.3) is 9.05 Å². The van der Waals surface area contributed by atoms with Crippen LogP contribution >= 0.6 is 23.3 Å². The van der Waals surface area contributed by atoms with Crippen LogP contribution in [-0.4, -0.2) is 14.8 Å². The predicted molar refractivity (Wildman–Crippen MR) is 53.4 cm³/mol. The van der Waals surface area contributed by atoms with Gasteiger partial charge in [0.15, 0.2) is 0 Å². The molecule has 0 heterocycles. The van der Waals surface area contributed by atoms with Crippen molar-refractivity contribution in [1.82, 2.24) is 0 Å². The predicted octanol–water partition coefficient (Wildman–Crippen LogP) is 2.80. The number of alkyl halides is 3. The molecule has 9 heteroatoms. The molecule has 0 radical (unpaired) electrons. The third-order valence-electron chi connectivity index (χ3n) is 1.38. The summed E-state index contributed by atoms with van der Waals surface area (Å²) in [6.45, 7) is 0. The van der Waals surface area contributed by atoms with Crippen LogP contribution in [0.2, 0.25) is 0 Å². The van der Waals surface area contributed by atoms with Crippen LogP contribution in [0, 0.1) is 0 Å². The Bertz CT molecular complexity index is 498. The van der Waals surface area contributed by atoms with Gasteiger partial charge in [-0.25, -0.2) is 8.42 Å². The van der Waals surface area contributed by atoms with Crippen molar-refractivity contribution in [2.75, 3.05) is 0 Å². The summed E-state index contributed by atoms with van der Waals surface area (Å²) in [5, 5.41) is 0. The number of benzene rings is 1. The Hall–Kier alpha value is -0.600. The van der Waals surface area contributed by atoms with Gasteiger partial charge in [-0.05, 0) is 12.1 Å². The van der Waals surface area contributed by atoms with Gasteiger partial charge in [0, 0.05) is 21.6 Å². The highest BCUT2D eigenvalue weighted by molar-refractivity contribution is 8.13. The van der Waals surface area contributed by atoms with E-state index in [0.29, 0.717) is 6.07 Å². The second kappa shape index (κ2) is 4.34. The quantitative estimate of drug-likeness (QED) is 0.673. The zero-order chi connectivity index (χ0) is 12.6. The van der Waals surface area contributed by atoms with Crippen molar-refractivity contribution in [2.45, 2.75) is 16.2 Å². The number of rotatable bonds is 2. The van der Waals surface area contributed by atoms with Crippen LogP contribution in [0.25, 0.3) is 0 Å².